The van der Waals surface area contributed by atoms with Gasteiger partial charge in [0.25, 0.3) is 0 Å². The smallest absolute Gasteiger partial charge is 0.246 e. The van der Waals surface area contributed by atoms with Gasteiger partial charge >= 0.3 is 0 Å². The molecule has 1 aromatic rings. The van der Waals surface area contributed by atoms with Crippen molar-refractivity contribution in [3.05, 3.63) is 35.6 Å². The molecule has 0 aromatic heterocycles. The first-order valence-corrected chi connectivity index (χ1v) is 12.3. The highest BCUT2D eigenvalue weighted by Gasteiger charge is 2.22. The zero-order valence-corrected chi connectivity index (χ0v) is 20.8. The summed E-state index contributed by atoms with van der Waals surface area (Å²) in [4.78, 5) is 52.2. The summed E-state index contributed by atoms with van der Waals surface area (Å²) >= 11 is 0. The Labute approximate surface area is 206 Å². The molecule has 0 bridgehead atoms. The van der Waals surface area contributed by atoms with E-state index >= 15 is 0 Å². The number of nitrogens with one attached hydrogen (secondary N) is 3. The maximum Gasteiger partial charge on any atom is 0.246 e. The van der Waals surface area contributed by atoms with Gasteiger partial charge in [0.2, 0.25) is 23.6 Å². The molecule has 0 unspecified atom stereocenters. The van der Waals surface area contributed by atoms with Crippen molar-refractivity contribution in [3.63, 3.8) is 0 Å². The van der Waals surface area contributed by atoms with Crippen LogP contribution in [-0.4, -0.2) is 85.8 Å². The zero-order valence-electron chi connectivity index (χ0n) is 20.8. The van der Waals surface area contributed by atoms with Crippen LogP contribution in [0, 0.1) is 11.7 Å². The Balaban J connectivity index is 1.76. The summed E-state index contributed by atoms with van der Waals surface area (Å²) in [6.07, 6.45) is 2.37. The maximum atomic E-state index is 13.6. The average Bonchev–Trinajstić information content (AvgIpc) is 3.21. The molecular weight excluding hydrogens is 453 g/mol. The summed E-state index contributed by atoms with van der Waals surface area (Å²) < 4.78 is 13.6. The minimum absolute atomic E-state index is 0.0961. The van der Waals surface area contributed by atoms with Crippen molar-refractivity contribution in [1.29, 1.82) is 0 Å². The second kappa shape index (κ2) is 15.2. The summed E-state index contributed by atoms with van der Waals surface area (Å²) in [5.41, 5.74) is 0.548. The molecule has 1 aliphatic heterocycles. The Kier molecular flexibility index (Phi) is 12.3. The predicted octanol–water partition coefficient (Wildman–Crippen LogP) is 0.687. The number of likely N-dealkylation sites (tertiary alicyclic amines) is 1. The summed E-state index contributed by atoms with van der Waals surface area (Å²) in [6.45, 7) is 6.45. The molecule has 9 nitrogen and oxygen atoms in total. The largest absolute Gasteiger partial charge is 0.343 e. The first-order chi connectivity index (χ1) is 16.8. The first-order valence-electron chi connectivity index (χ1n) is 12.3. The fourth-order valence-electron chi connectivity index (χ4n) is 3.80. The number of hydrogen-bond donors (Lipinski definition) is 3. The number of imide groups is 1. The lowest BCUT2D eigenvalue weighted by molar-refractivity contribution is -0.138. The topological polar surface area (TPSA) is 111 Å². The molecule has 1 heterocycles. The summed E-state index contributed by atoms with van der Waals surface area (Å²) in [6, 6.07) is 6.43. The molecule has 1 aliphatic rings. The Morgan fingerprint density at radius 2 is 1.89 bits per heavy atom. The number of benzene rings is 1. The van der Waals surface area contributed by atoms with E-state index in [1.54, 1.807) is 23.1 Å². The van der Waals surface area contributed by atoms with Crippen LogP contribution in [0.5, 0.6) is 0 Å². The van der Waals surface area contributed by atoms with Crippen LogP contribution in [0.25, 0.3) is 0 Å². The molecule has 3 N–H and O–H groups in total. The highest BCUT2D eigenvalue weighted by atomic mass is 19.1. The number of nitrogens with zero attached hydrogens (tertiary/aromatic N) is 2. The van der Waals surface area contributed by atoms with Crippen LogP contribution in [0.15, 0.2) is 24.3 Å². The molecule has 0 saturated carbocycles. The van der Waals surface area contributed by atoms with Crippen molar-refractivity contribution in [2.45, 2.75) is 39.5 Å². The van der Waals surface area contributed by atoms with E-state index in [2.05, 4.69) is 16.0 Å². The predicted molar refractivity (Wildman–Crippen MR) is 131 cm³/mol. The third-order valence-corrected chi connectivity index (χ3v) is 5.64. The molecule has 1 fully saturated rings. The van der Waals surface area contributed by atoms with Gasteiger partial charge in [-0.1, -0.05) is 32.0 Å². The highest BCUT2D eigenvalue weighted by molar-refractivity contribution is 5.98. The second-order valence-corrected chi connectivity index (χ2v) is 9.17. The quantitative estimate of drug-likeness (QED) is 0.312. The molecule has 1 aromatic carbocycles. The Hall–Kier alpha value is -2.85. The van der Waals surface area contributed by atoms with Gasteiger partial charge in [0.1, 0.15) is 5.82 Å². The molecule has 0 radical (unpaired) electrons. The van der Waals surface area contributed by atoms with E-state index < -0.39 is 11.8 Å². The number of amides is 4. The van der Waals surface area contributed by atoms with E-state index in [-0.39, 0.29) is 37.3 Å². The number of carbonyl (C=O) groups excluding carboxylic acids is 4. The fourth-order valence-corrected chi connectivity index (χ4v) is 3.80. The first kappa shape index (κ1) is 28.4. The molecule has 4 amide bonds. The van der Waals surface area contributed by atoms with Gasteiger partial charge in [-0.2, -0.15) is 0 Å². The number of rotatable bonds is 15. The van der Waals surface area contributed by atoms with Crippen LogP contribution < -0.4 is 16.0 Å². The number of hydrogen-bond acceptors (Lipinski definition) is 6. The molecule has 0 aliphatic carbocycles. The van der Waals surface area contributed by atoms with Crippen molar-refractivity contribution in [2.24, 2.45) is 5.92 Å². The molecule has 10 heteroatoms. The summed E-state index contributed by atoms with van der Waals surface area (Å²) in [7, 11) is 0. The van der Waals surface area contributed by atoms with E-state index in [9.17, 15) is 23.6 Å². The van der Waals surface area contributed by atoms with E-state index in [0.29, 0.717) is 56.9 Å². The van der Waals surface area contributed by atoms with Crippen LogP contribution in [-0.2, 0) is 25.6 Å². The van der Waals surface area contributed by atoms with Crippen molar-refractivity contribution in [2.75, 3.05) is 52.4 Å². The van der Waals surface area contributed by atoms with Crippen LogP contribution >= 0.6 is 0 Å². The van der Waals surface area contributed by atoms with Gasteiger partial charge in [-0.05, 0) is 49.9 Å². The molecule has 0 spiro atoms. The van der Waals surface area contributed by atoms with Crippen LogP contribution in [0.4, 0.5) is 4.39 Å². The number of halogens is 1. The minimum atomic E-state index is -0.569. The standard InChI is InChI=1S/C25H38FN5O4/c1-19(2)15-28-17-25(35)31(14-6-13-30-12-5-9-24(30)34)18-23(33)29-22(32)16-27-11-10-20-7-3-4-8-21(20)26/h3-4,7-8,19,27-28H,5-6,9-18H2,1-2H3,(H,29,32,33). The number of carbonyl (C=O) groups is 4. The normalized spacial score (nSPS) is 13.4. The van der Waals surface area contributed by atoms with E-state index in [1.165, 1.54) is 11.0 Å². The molecule has 35 heavy (non-hydrogen) atoms. The molecular formula is C25H38FN5O4. The minimum Gasteiger partial charge on any atom is -0.343 e. The van der Waals surface area contributed by atoms with Gasteiger partial charge in [0.15, 0.2) is 0 Å². The van der Waals surface area contributed by atoms with Gasteiger partial charge in [0, 0.05) is 26.1 Å². The monoisotopic (exact) mass is 491 g/mol. The van der Waals surface area contributed by atoms with Crippen LogP contribution in [0.2, 0.25) is 0 Å². The lowest BCUT2D eigenvalue weighted by atomic mass is 10.1. The second-order valence-electron chi connectivity index (χ2n) is 9.17. The zero-order chi connectivity index (χ0) is 25.6. The third kappa shape index (κ3) is 11.0. The lowest BCUT2D eigenvalue weighted by Crippen LogP contribution is -2.48. The van der Waals surface area contributed by atoms with Gasteiger partial charge in [-0.15, -0.1) is 0 Å². The maximum absolute atomic E-state index is 13.6. The molecule has 2 rings (SSSR count). The van der Waals surface area contributed by atoms with E-state index in [0.717, 1.165) is 13.0 Å². The van der Waals surface area contributed by atoms with Crippen molar-refractivity contribution in [1.82, 2.24) is 25.8 Å². The third-order valence-electron chi connectivity index (χ3n) is 5.64. The van der Waals surface area contributed by atoms with Crippen LogP contribution in [0.3, 0.4) is 0 Å². The molecule has 0 atom stereocenters. The van der Waals surface area contributed by atoms with Gasteiger partial charge in [-0.25, -0.2) is 4.39 Å². The van der Waals surface area contributed by atoms with Gasteiger partial charge in [-0.3, -0.25) is 24.5 Å². The summed E-state index contributed by atoms with van der Waals surface area (Å²) in [5, 5.41) is 8.26. The van der Waals surface area contributed by atoms with E-state index in [1.807, 2.05) is 13.8 Å². The van der Waals surface area contributed by atoms with Gasteiger partial charge in [0.05, 0.1) is 19.6 Å². The molecule has 194 valence electrons. The van der Waals surface area contributed by atoms with Crippen LogP contribution in [0.1, 0.15) is 38.7 Å². The highest BCUT2D eigenvalue weighted by Crippen LogP contribution is 2.10. The fraction of sp³-hybridized carbons (Fsp3) is 0.600. The molecule has 1 saturated heterocycles. The Bertz CT molecular complexity index is 864. The lowest BCUT2D eigenvalue weighted by Gasteiger charge is -2.24. The van der Waals surface area contributed by atoms with E-state index in [4.69, 9.17) is 0 Å². The van der Waals surface area contributed by atoms with Crippen molar-refractivity contribution in [3.8, 4) is 0 Å². The van der Waals surface area contributed by atoms with Crippen molar-refractivity contribution < 1.29 is 23.6 Å². The van der Waals surface area contributed by atoms with Gasteiger partial charge < -0.3 is 20.4 Å². The average molecular weight is 492 g/mol. The van der Waals surface area contributed by atoms with Crippen molar-refractivity contribution >= 4 is 23.6 Å². The Morgan fingerprint density at radius 3 is 2.57 bits per heavy atom. The SMILES string of the molecule is CC(C)CNCC(=O)N(CCCN1CCCC1=O)CC(=O)NC(=O)CNCCc1ccccc1F. The summed E-state index contributed by atoms with van der Waals surface area (Å²) in [5.74, 6) is -1.12. The Morgan fingerprint density at radius 1 is 1.11 bits per heavy atom.